The van der Waals surface area contributed by atoms with Crippen molar-refractivity contribution in [2.45, 2.75) is 24.1 Å². The van der Waals surface area contributed by atoms with Crippen molar-refractivity contribution < 1.29 is 26.3 Å². The minimum atomic E-state index is -4.79. The van der Waals surface area contributed by atoms with E-state index in [0.717, 1.165) is 27.4 Å². The van der Waals surface area contributed by atoms with Gasteiger partial charge >= 0.3 is 6.18 Å². The Labute approximate surface area is 186 Å². The first-order valence-corrected chi connectivity index (χ1v) is 11.8. The van der Waals surface area contributed by atoms with E-state index in [1.807, 2.05) is 6.92 Å². The summed E-state index contributed by atoms with van der Waals surface area (Å²) >= 11 is 1.46. The lowest BCUT2D eigenvalue weighted by atomic mass is 10.2. The van der Waals surface area contributed by atoms with Gasteiger partial charge in [-0.15, -0.1) is 11.3 Å². The molecule has 3 heterocycles. The van der Waals surface area contributed by atoms with Crippen LogP contribution in [0.15, 0.2) is 53.6 Å². The van der Waals surface area contributed by atoms with Gasteiger partial charge in [0.15, 0.2) is 5.13 Å². The quantitative estimate of drug-likeness (QED) is 0.579. The summed E-state index contributed by atoms with van der Waals surface area (Å²) in [6.07, 6.45) is -3.79. The van der Waals surface area contributed by atoms with Crippen LogP contribution in [0.3, 0.4) is 0 Å². The molecule has 170 valence electrons. The topological polar surface area (TPSA) is 84.4 Å². The highest BCUT2D eigenvalue weighted by Crippen LogP contribution is 2.36. The number of halogens is 3. The van der Waals surface area contributed by atoms with Gasteiger partial charge in [0, 0.05) is 24.2 Å². The summed E-state index contributed by atoms with van der Waals surface area (Å²) in [5.41, 5.74) is -0.724. The average Bonchev–Trinajstić information content (AvgIpc) is 3.18. The number of pyridine rings is 1. The van der Waals surface area contributed by atoms with Crippen molar-refractivity contribution in [1.82, 2.24) is 14.3 Å². The third-order valence-electron chi connectivity index (χ3n) is 4.80. The summed E-state index contributed by atoms with van der Waals surface area (Å²) in [6, 6.07) is 9.33. The molecule has 1 atom stereocenters. The molecule has 1 aliphatic heterocycles. The summed E-state index contributed by atoms with van der Waals surface area (Å²) in [7, 11) is -4.39. The fourth-order valence-electron chi connectivity index (χ4n) is 3.31. The lowest BCUT2D eigenvalue weighted by Gasteiger charge is -2.32. The van der Waals surface area contributed by atoms with Crippen LogP contribution in [0.1, 0.15) is 22.2 Å². The zero-order valence-electron chi connectivity index (χ0n) is 16.8. The number of benzene rings is 1. The van der Waals surface area contributed by atoms with Gasteiger partial charge in [-0.1, -0.05) is 18.2 Å². The van der Waals surface area contributed by atoms with E-state index in [4.69, 9.17) is 4.74 Å². The number of aromatic nitrogens is 2. The molecule has 1 N–H and O–H groups in total. The first kappa shape index (κ1) is 22.6. The minimum absolute atomic E-state index is 0.0308. The smallest absolute Gasteiger partial charge is 0.369 e. The van der Waals surface area contributed by atoms with Gasteiger partial charge in [0.05, 0.1) is 22.8 Å². The zero-order valence-corrected chi connectivity index (χ0v) is 18.5. The van der Waals surface area contributed by atoms with Gasteiger partial charge in [0.25, 0.3) is 0 Å². The van der Waals surface area contributed by atoms with E-state index in [1.54, 1.807) is 24.4 Å². The zero-order chi connectivity index (χ0) is 22.9. The number of nitrogens with zero attached hydrogens (tertiary/aromatic N) is 3. The highest BCUT2D eigenvalue weighted by molar-refractivity contribution is 7.89. The van der Waals surface area contributed by atoms with Crippen LogP contribution in [0.4, 0.5) is 24.1 Å². The molecule has 0 radical (unpaired) electrons. The van der Waals surface area contributed by atoms with E-state index in [0.29, 0.717) is 16.6 Å². The number of nitrogens with one attached hydrogen (secondary N) is 1. The molecule has 0 spiro atoms. The maximum Gasteiger partial charge on any atom is 0.417 e. The maximum absolute atomic E-state index is 13.4. The predicted octanol–water partition coefficient (Wildman–Crippen LogP) is 4.37. The molecule has 1 fully saturated rings. The van der Waals surface area contributed by atoms with Crippen molar-refractivity contribution in [3.8, 4) is 0 Å². The second kappa shape index (κ2) is 8.77. The van der Waals surface area contributed by atoms with Gasteiger partial charge in [0.2, 0.25) is 10.0 Å². The number of anilines is 2. The first-order chi connectivity index (χ1) is 15.1. The summed E-state index contributed by atoms with van der Waals surface area (Å²) in [5.74, 6) is 0.503. The molecular formula is C20H19F3N4O3S2. The molecule has 2 aromatic heterocycles. The third-order valence-corrected chi connectivity index (χ3v) is 7.55. The van der Waals surface area contributed by atoms with E-state index in [9.17, 15) is 21.6 Å². The van der Waals surface area contributed by atoms with Crippen LogP contribution in [0.25, 0.3) is 0 Å². The van der Waals surface area contributed by atoms with Crippen LogP contribution in [0.5, 0.6) is 0 Å². The number of hydrogen-bond acceptors (Lipinski definition) is 7. The van der Waals surface area contributed by atoms with Crippen LogP contribution >= 0.6 is 11.3 Å². The molecule has 3 aromatic rings. The van der Waals surface area contributed by atoms with Crippen molar-refractivity contribution in [1.29, 1.82) is 0 Å². The summed E-state index contributed by atoms with van der Waals surface area (Å²) in [6.45, 7) is 1.75. The van der Waals surface area contributed by atoms with Crippen molar-refractivity contribution in [2.75, 3.05) is 25.0 Å². The molecule has 1 saturated heterocycles. The van der Waals surface area contributed by atoms with Gasteiger partial charge in [-0.2, -0.15) is 17.5 Å². The molecule has 1 aliphatic rings. The van der Waals surface area contributed by atoms with Gasteiger partial charge in [-0.25, -0.2) is 18.4 Å². The maximum atomic E-state index is 13.4. The molecule has 0 aliphatic carbocycles. The Morgan fingerprint density at radius 2 is 1.97 bits per heavy atom. The number of aryl methyl sites for hydroxylation is 1. The first-order valence-electron chi connectivity index (χ1n) is 9.59. The van der Waals surface area contributed by atoms with Crippen LogP contribution < -0.4 is 5.32 Å². The molecular weight excluding hydrogens is 465 g/mol. The number of morpholine rings is 1. The van der Waals surface area contributed by atoms with Crippen molar-refractivity contribution >= 4 is 32.3 Å². The minimum Gasteiger partial charge on any atom is -0.369 e. The van der Waals surface area contributed by atoms with E-state index in [-0.39, 0.29) is 19.7 Å². The number of thiazole rings is 1. The Balaban J connectivity index is 1.57. The summed E-state index contributed by atoms with van der Waals surface area (Å²) < 4.78 is 73.0. The lowest BCUT2D eigenvalue weighted by molar-refractivity contribution is -0.139. The average molecular weight is 485 g/mol. The van der Waals surface area contributed by atoms with Crippen LogP contribution in [-0.4, -0.2) is 42.4 Å². The van der Waals surface area contributed by atoms with E-state index in [2.05, 4.69) is 15.3 Å². The third kappa shape index (κ3) is 4.77. The fourth-order valence-corrected chi connectivity index (χ4v) is 5.62. The number of rotatable bonds is 5. The molecule has 4 rings (SSSR count). The monoisotopic (exact) mass is 484 g/mol. The van der Waals surface area contributed by atoms with Crippen LogP contribution in [0.2, 0.25) is 0 Å². The Hall–Kier alpha value is -2.54. The van der Waals surface area contributed by atoms with Crippen molar-refractivity contribution in [3.05, 3.63) is 64.8 Å². The molecule has 0 bridgehead atoms. The highest BCUT2D eigenvalue weighted by Gasteiger charge is 2.40. The SMILES string of the molecule is Cc1cnc(Nc2cccc(C3CN(S(=O)(=O)c4ccccc4C(F)(F)F)CCO3)n2)s1. The largest absolute Gasteiger partial charge is 0.417 e. The van der Waals surface area contributed by atoms with Gasteiger partial charge in [-0.3, -0.25) is 0 Å². The Morgan fingerprint density at radius 3 is 2.69 bits per heavy atom. The van der Waals surface area contributed by atoms with Crippen molar-refractivity contribution in [3.63, 3.8) is 0 Å². The number of ether oxygens (including phenoxy) is 1. The standard InChI is InChI=1S/C20H19F3N4O3S2/c1-13-11-24-19(31-13)26-18-8-4-6-15(25-18)16-12-27(9-10-30-16)32(28,29)17-7-3-2-5-14(17)20(21,22)23/h2-8,11,16H,9-10,12H2,1H3,(H,24,25,26). The second-order valence-electron chi connectivity index (χ2n) is 7.07. The van der Waals surface area contributed by atoms with Gasteiger partial charge < -0.3 is 10.1 Å². The molecule has 7 nitrogen and oxygen atoms in total. The molecule has 1 unspecified atom stereocenters. The number of hydrogen-bond donors (Lipinski definition) is 1. The predicted molar refractivity (Wildman–Crippen MR) is 113 cm³/mol. The Morgan fingerprint density at radius 1 is 1.19 bits per heavy atom. The normalized spacial score (nSPS) is 17.9. The van der Waals surface area contributed by atoms with Crippen LogP contribution in [-0.2, 0) is 20.9 Å². The molecule has 32 heavy (non-hydrogen) atoms. The van der Waals surface area contributed by atoms with E-state index in [1.165, 1.54) is 17.4 Å². The summed E-state index contributed by atoms with van der Waals surface area (Å²) in [5, 5.41) is 3.74. The molecule has 1 aromatic carbocycles. The second-order valence-corrected chi connectivity index (χ2v) is 10.2. The lowest BCUT2D eigenvalue weighted by Crippen LogP contribution is -2.42. The van der Waals surface area contributed by atoms with E-state index >= 15 is 0 Å². The van der Waals surface area contributed by atoms with E-state index < -0.39 is 32.8 Å². The Kier molecular flexibility index (Phi) is 6.21. The molecule has 0 amide bonds. The van der Waals surface area contributed by atoms with Gasteiger partial charge in [0.1, 0.15) is 11.9 Å². The van der Waals surface area contributed by atoms with Gasteiger partial charge in [-0.05, 0) is 31.2 Å². The number of alkyl halides is 3. The molecule has 12 heteroatoms. The molecule has 0 saturated carbocycles. The fraction of sp³-hybridized carbons (Fsp3) is 0.300. The highest BCUT2D eigenvalue weighted by atomic mass is 32.2. The Bertz CT molecular complexity index is 1210. The summed E-state index contributed by atoms with van der Waals surface area (Å²) in [4.78, 5) is 8.95. The number of sulfonamides is 1. The van der Waals surface area contributed by atoms with Crippen LogP contribution in [0, 0.1) is 6.92 Å². The van der Waals surface area contributed by atoms with Crippen molar-refractivity contribution in [2.24, 2.45) is 0 Å².